The molecule has 0 unspecified atom stereocenters. The van der Waals surface area contributed by atoms with Crippen LogP contribution in [0.15, 0.2) is 61.2 Å². The predicted octanol–water partition coefficient (Wildman–Crippen LogP) is 3.64. The predicted molar refractivity (Wildman–Crippen MR) is 72.6 cm³/mol. The molecule has 2 nitrogen and oxygen atoms in total. The third-order valence-corrected chi connectivity index (χ3v) is 2.80. The maximum absolute atomic E-state index is 11.1. The van der Waals surface area contributed by atoms with E-state index in [1.54, 1.807) is 18.2 Å². The highest BCUT2D eigenvalue weighted by molar-refractivity contribution is 5.94. The number of benzene rings is 2. The van der Waals surface area contributed by atoms with E-state index in [0.717, 1.165) is 11.1 Å². The van der Waals surface area contributed by atoms with Crippen molar-refractivity contribution in [2.45, 2.75) is 6.42 Å². The van der Waals surface area contributed by atoms with E-state index in [0.29, 0.717) is 17.5 Å². The number of carboxylic acids is 1. The van der Waals surface area contributed by atoms with E-state index in [1.807, 2.05) is 36.4 Å². The molecule has 0 amide bonds. The van der Waals surface area contributed by atoms with Crippen molar-refractivity contribution in [2.75, 3.05) is 0 Å². The maximum atomic E-state index is 11.1. The summed E-state index contributed by atoms with van der Waals surface area (Å²) >= 11 is 0. The lowest BCUT2D eigenvalue weighted by Crippen LogP contribution is -2.02. The van der Waals surface area contributed by atoms with Gasteiger partial charge in [-0.25, -0.2) is 4.79 Å². The van der Waals surface area contributed by atoms with Gasteiger partial charge in [0.15, 0.2) is 0 Å². The second kappa shape index (κ2) is 5.32. The Morgan fingerprint density at radius 2 is 1.50 bits per heavy atom. The molecule has 90 valence electrons. The number of aromatic carboxylic acids is 1. The average molecular weight is 238 g/mol. The number of carbonyl (C=O) groups is 1. The molecular weight excluding hydrogens is 224 g/mol. The van der Waals surface area contributed by atoms with E-state index < -0.39 is 5.97 Å². The second-order valence-electron chi connectivity index (χ2n) is 4.12. The van der Waals surface area contributed by atoms with Crippen molar-refractivity contribution in [2.24, 2.45) is 0 Å². The van der Waals surface area contributed by atoms with Crippen LogP contribution < -0.4 is 0 Å². The monoisotopic (exact) mass is 238 g/mol. The molecule has 18 heavy (non-hydrogen) atoms. The first-order valence-corrected chi connectivity index (χ1v) is 5.73. The summed E-state index contributed by atoms with van der Waals surface area (Å²) in [5, 5.41) is 9.14. The lowest BCUT2D eigenvalue weighted by atomic mass is 9.95. The Hall–Kier alpha value is -2.35. The molecule has 0 fully saturated rings. The third kappa shape index (κ3) is 2.66. The number of hydrogen-bond acceptors (Lipinski definition) is 1. The van der Waals surface area contributed by atoms with Crippen molar-refractivity contribution in [1.29, 1.82) is 0 Å². The van der Waals surface area contributed by atoms with E-state index in [-0.39, 0.29) is 0 Å². The Kier molecular flexibility index (Phi) is 3.58. The summed E-state index contributed by atoms with van der Waals surface area (Å²) in [5.74, 6) is -0.917. The summed E-state index contributed by atoms with van der Waals surface area (Å²) in [4.78, 5) is 11.1. The molecule has 0 aliphatic carbocycles. The van der Waals surface area contributed by atoms with Gasteiger partial charge in [0.1, 0.15) is 0 Å². The average Bonchev–Trinajstić information content (AvgIpc) is 2.40. The van der Waals surface area contributed by atoms with Gasteiger partial charge >= 0.3 is 5.97 Å². The topological polar surface area (TPSA) is 37.3 Å². The van der Waals surface area contributed by atoms with Gasteiger partial charge in [-0.1, -0.05) is 55.1 Å². The van der Waals surface area contributed by atoms with Crippen LogP contribution in [-0.2, 0) is 6.42 Å². The Morgan fingerprint density at radius 1 is 0.944 bits per heavy atom. The maximum Gasteiger partial charge on any atom is 0.336 e. The molecule has 0 aliphatic heterocycles. The summed E-state index contributed by atoms with van der Waals surface area (Å²) in [6.07, 6.45) is 0.658. The van der Waals surface area contributed by atoms with Crippen molar-refractivity contribution in [3.8, 4) is 0 Å². The van der Waals surface area contributed by atoms with E-state index in [2.05, 4.69) is 6.58 Å². The smallest absolute Gasteiger partial charge is 0.336 e. The summed E-state index contributed by atoms with van der Waals surface area (Å²) in [6.45, 7) is 4.00. The summed E-state index contributed by atoms with van der Waals surface area (Å²) in [7, 11) is 0. The van der Waals surface area contributed by atoms with Crippen molar-refractivity contribution in [3.63, 3.8) is 0 Å². The molecule has 2 aromatic rings. The highest BCUT2D eigenvalue weighted by Crippen LogP contribution is 2.21. The summed E-state index contributed by atoms with van der Waals surface area (Å²) < 4.78 is 0. The molecule has 2 rings (SSSR count). The molecule has 2 aromatic carbocycles. The Bertz CT molecular complexity index is 571. The highest BCUT2D eigenvalue weighted by Gasteiger charge is 2.11. The molecule has 0 bridgehead atoms. The number of rotatable bonds is 4. The van der Waals surface area contributed by atoms with Crippen LogP contribution in [0, 0.1) is 0 Å². The Morgan fingerprint density at radius 3 is 2.11 bits per heavy atom. The molecule has 0 heterocycles. The van der Waals surface area contributed by atoms with Crippen molar-refractivity contribution >= 4 is 11.5 Å². The van der Waals surface area contributed by atoms with Crippen LogP contribution in [0.25, 0.3) is 5.57 Å². The molecule has 1 N–H and O–H groups in total. The van der Waals surface area contributed by atoms with Crippen molar-refractivity contribution < 1.29 is 9.90 Å². The van der Waals surface area contributed by atoms with E-state index in [9.17, 15) is 4.79 Å². The molecule has 0 spiro atoms. The lowest BCUT2D eigenvalue weighted by molar-refractivity contribution is 0.0696. The fourth-order valence-corrected chi connectivity index (χ4v) is 1.92. The Balaban J connectivity index is 2.27. The van der Waals surface area contributed by atoms with Crippen LogP contribution >= 0.6 is 0 Å². The van der Waals surface area contributed by atoms with E-state index >= 15 is 0 Å². The zero-order valence-electron chi connectivity index (χ0n) is 9.97. The van der Waals surface area contributed by atoms with Gasteiger partial charge in [0.25, 0.3) is 0 Å². The minimum atomic E-state index is -0.917. The zero-order chi connectivity index (χ0) is 13.0. The van der Waals surface area contributed by atoms with Gasteiger partial charge in [0, 0.05) is 0 Å². The van der Waals surface area contributed by atoms with Gasteiger partial charge in [-0.05, 0) is 29.2 Å². The summed E-state index contributed by atoms with van der Waals surface area (Å²) in [6, 6.07) is 16.9. The first-order valence-electron chi connectivity index (χ1n) is 5.73. The van der Waals surface area contributed by atoms with Crippen molar-refractivity contribution in [3.05, 3.63) is 77.9 Å². The third-order valence-electron chi connectivity index (χ3n) is 2.80. The number of allylic oxidation sites excluding steroid dienone is 1. The SMILES string of the molecule is C=C(Cc1ccccc1)c1ccccc1C(=O)O. The molecule has 0 aromatic heterocycles. The van der Waals surface area contributed by atoms with E-state index in [4.69, 9.17) is 5.11 Å². The largest absolute Gasteiger partial charge is 0.478 e. The lowest BCUT2D eigenvalue weighted by Gasteiger charge is -2.09. The zero-order valence-corrected chi connectivity index (χ0v) is 9.97. The van der Waals surface area contributed by atoms with E-state index in [1.165, 1.54) is 0 Å². The second-order valence-corrected chi connectivity index (χ2v) is 4.12. The Labute approximate surface area is 106 Å². The quantitative estimate of drug-likeness (QED) is 0.882. The first kappa shape index (κ1) is 12.1. The number of carboxylic acid groups (broad SMARTS) is 1. The fourth-order valence-electron chi connectivity index (χ4n) is 1.92. The fraction of sp³-hybridized carbons (Fsp3) is 0.0625. The van der Waals surface area contributed by atoms with Crippen molar-refractivity contribution in [1.82, 2.24) is 0 Å². The van der Waals surface area contributed by atoms with Gasteiger partial charge in [-0.3, -0.25) is 0 Å². The molecular formula is C16H14O2. The van der Waals surface area contributed by atoms with Gasteiger partial charge in [-0.2, -0.15) is 0 Å². The van der Waals surface area contributed by atoms with Crippen LogP contribution in [0.1, 0.15) is 21.5 Å². The molecule has 0 aliphatic rings. The van der Waals surface area contributed by atoms with Crippen LogP contribution in [0.2, 0.25) is 0 Å². The highest BCUT2D eigenvalue weighted by atomic mass is 16.4. The standard InChI is InChI=1S/C16H14O2/c1-12(11-13-7-3-2-4-8-13)14-9-5-6-10-15(14)16(17)18/h2-10H,1,11H2,(H,17,18). The minimum Gasteiger partial charge on any atom is -0.478 e. The first-order chi connectivity index (χ1) is 8.68. The minimum absolute atomic E-state index is 0.304. The molecule has 0 saturated carbocycles. The molecule has 0 radical (unpaired) electrons. The summed E-state index contributed by atoms with van der Waals surface area (Å²) in [5.41, 5.74) is 2.95. The van der Waals surface area contributed by atoms with Crippen LogP contribution in [-0.4, -0.2) is 11.1 Å². The van der Waals surface area contributed by atoms with Crippen LogP contribution in [0.5, 0.6) is 0 Å². The normalized spacial score (nSPS) is 10.0. The van der Waals surface area contributed by atoms with Gasteiger partial charge in [-0.15, -0.1) is 0 Å². The molecule has 2 heteroatoms. The van der Waals surface area contributed by atoms with Crippen LogP contribution in [0.4, 0.5) is 0 Å². The van der Waals surface area contributed by atoms with Gasteiger partial charge < -0.3 is 5.11 Å². The number of hydrogen-bond donors (Lipinski definition) is 1. The van der Waals surface area contributed by atoms with Gasteiger partial charge in [0.05, 0.1) is 5.56 Å². The van der Waals surface area contributed by atoms with Gasteiger partial charge in [0.2, 0.25) is 0 Å². The molecule has 0 saturated heterocycles. The molecule has 0 atom stereocenters. The van der Waals surface area contributed by atoms with Crippen LogP contribution in [0.3, 0.4) is 0 Å².